The summed E-state index contributed by atoms with van der Waals surface area (Å²) in [4.78, 5) is 27.1. The quantitative estimate of drug-likeness (QED) is 0.647. The van der Waals surface area contributed by atoms with Crippen LogP contribution >= 0.6 is 0 Å². The van der Waals surface area contributed by atoms with E-state index in [2.05, 4.69) is 6.07 Å². The van der Waals surface area contributed by atoms with Crippen molar-refractivity contribution < 1.29 is 18.0 Å². The molecular formula is C24H28N2O4S. The third-order valence-corrected chi connectivity index (χ3v) is 8.12. The van der Waals surface area contributed by atoms with Gasteiger partial charge in [-0.1, -0.05) is 30.3 Å². The number of Topliss-reactive ketones (excluding diaryl/α,β-unsaturated/α-hetero) is 1. The number of sulfonamides is 1. The van der Waals surface area contributed by atoms with Crippen LogP contribution in [0.4, 0.5) is 0 Å². The van der Waals surface area contributed by atoms with Crippen LogP contribution in [0.3, 0.4) is 0 Å². The van der Waals surface area contributed by atoms with Gasteiger partial charge in [0, 0.05) is 44.6 Å². The van der Waals surface area contributed by atoms with Gasteiger partial charge in [-0.2, -0.15) is 4.31 Å². The fraction of sp³-hybridized carbons (Fsp3) is 0.417. The van der Waals surface area contributed by atoms with Crippen molar-refractivity contribution in [3.05, 3.63) is 65.2 Å². The monoisotopic (exact) mass is 440 g/mol. The summed E-state index contributed by atoms with van der Waals surface area (Å²) in [5, 5.41) is 0. The van der Waals surface area contributed by atoms with Gasteiger partial charge < -0.3 is 4.90 Å². The van der Waals surface area contributed by atoms with E-state index >= 15 is 0 Å². The lowest BCUT2D eigenvalue weighted by Crippen LogP contribution is -2.50. The summed E-state index contributed by atoms with van der Waals surface area (Å²) in [6.07, 6.45) is 4.80. The van der Waals surface area contributed by atoms with Gasteiger partial charge in [0.2, 0.25) is 15.9 Å². The lowest BCUT2D eigenvalue weighted by atomic mass is 9.89. The maximum absolute atomic E-state index is 12.7. The van der Waals surface area contributed by atoms with Crippen LogP contribution in [0.2, 0.25) is 0 Å². The number of benzene rings is 2. The number of carbonyl (C=O) groups is 2. The Balaban J connectivity index is 1.29. The Hall–Kier alpha value is -2.51. The number of rotatable bonds is 6. The third kappa shape index (κ3) is 4.88. The molecule has 2 aromatic carbocycles. The predicted molar refractivity (Wildman–Crippen MR) is 118 cm³/mol. The van der Waals surface area contributed by atoms with Crippen LogP contribution in [0.25, 0.3) is 0 Å². The standard InChI is InChI=1S/C24H28N2O4S/c27-23(21-11-10-19-6-4-5-7-20(19)18-21)12-13-24(28)25-14-16-26(17-15-25)31(29,30)22-8-2-1-3-9-22/h1-3,8-11,18H,4-7,12-17H2. The second-order valence-corrected chi connectivity index (χ2v) is 10.1. The number of piperazine rings is 1. The molecule has 0 N–H and O–H groups in total. The first-order chi connectivity index (χ1) is 14.9. The highest BCUT2D eigenvalue weighted by Crippen LogP contribution is 2.23. The van der Waals surface area contributed by atoms with Gasteiger partial charge in [0.25, 0.3) is 0 Å². The summed E-state index contributed by atoms with van der Waals surface area (Å²) in [6, 6.07) is 14.3. The van der Waals surface area contributed by atoms with Crippen molar-refractivity contribution in [1.82, 2.24) is 9.21 Å². The van der Waals surface area contributed by atoms with Crippen molar-refractivity contribution in [3.63, 3.8) is 0 Å². The molecule has 0 spiro atoms. The van der Waals surface area contributed by atoms with Gasteiger partial charge in [0.05, 0.1) is 4.90 Å². The molecule has 2 aliphatic rings. The summed E-state index contributed by atoms with van der Waals surface area (Å²) >= 11 is 0. The topological polar surface area (TPSA) is 74.8 Å². The maximum atomic E-state index is 12.7. The van der Waals surface area contributed by atoms with E-state index in [1.165, 1.54) is 21.9 Å². The molecule has 6 nitrogen and oxygen atoms in total. The molecule has 2 aromatic rings. The molecule has 1 aliphatic carbocycles. The van der Waals surface area contributed by atoms with E-state index in [1.54, 1.807) is 35.2 Å². The minimum absolute atomic E-state index is 0.00739. The Labute approximate surface area is 183 Å². The molecule has 0 radical (unpaired) electrons. The van der Waals surface area contributed by atoms with Gasteiger partial charge in [-0.15, -0.1) is 0 Å². The summed E-state index contributed by atoms with van der Waals surface area (Å²) < 4.78 is 26.9. The van der Waals surface area contributed by atoms with Gasteiger partial charge >= 0.3 is 0 Å². The Bertz CT molecular complexity index is 1060. The van der Waals surface area contributed by atoms with E-state index in [0.29, 0.717) is 18.7 Å². The second kappa shape index (κ2) is 9.32. The van der Waals surface area contributed by atoms with E-state index in [9.17, 15) is 18.0 Å². The fourth-order valence-electron chi connectivity index (χ4n) is 4.35. The van der Waals surface area contributed by atoms with Crippen molar-refractivity contribution in [2.45, 2.75) is 43.4 Å². The van der Waals surface area contributed by atoms with Crippen molar-refractivity contribution in [1.29, 1.82) is 0 Å². The molecular weight excluding hydrogens is 412 g/mol. The molecule has 1 aliphatic heterocycles. The molecule has 1 saturated heterocycles. The molecule has 1 amide bonds. The zero-order chi connectivity index (χ0) is 21.8. The van der Waals surface area contributed by atoms with Crippen LogP contribution in [-0.2, 0) is 27.7 Å². The number of hydrogen-bond donors (Lipinski definition) is 0. The van der Waals surface area contributed by atoms with Crippen LogP contribution in [0.15, 0.2) is 53.4 Å². The molecule has 0 unspecified atom stereocenters. The molecule has 4 rings (SSSR count). The number of ketones is 1. The fourth-order valence-corrected chi connectivity index (χ4v) is 5.79. The van der Waals surface area contributed by atoms with Gasteiger partial charge in [-0.25, -0.2) is 8.42 Å². The number of fused-ring (bicyclic) bond motifs is 1. The molecule has 0 saturated carbocycles. The van der Waals surface area contributed by atoms with Gasteiger partial charge in [0.1, 0.15) is 0 Å². The molecule has 1 fully saturated rings. The first-order valence-corrected chi connectivity index (χ1v) is 12.4. The van der Waals surface area contributed by atoms with Crippen molar-refractivity contribution >= 4 is 21.7 Å². The Morgan fingerprint density at radius 1 is 0.806 bits per heavy atom. The Morgan fingerprint density at radius 3 is 2.19 bits per heavy atom. The Kier molecular flexibility index (Phi) is 6.53. The molecule has 0 bridgehead atoms. The number of nitrogens with zero attached hydrogens (tertiary/aromatic N) is 2. The largest absolute Gasteiger partial charge is 0.340 e. The minimum atomic E-state index is -3.54. The second-order valence-electron chi connectivity index (χ2n) is 8.21. The summed E-state index contributed by atoms with van der Waals surface area (Å²) in [5.41, 5.74) is 3.29. The van der Waals surface area contributed by atoms with E-state index in [0.717, 1.165) is 19.3 Å². The van der Waals surface area contributed by atoms with Gasteiger partial charge in [0.15, 0.2) is 5.78 Å². The third-order valence-electron chi connectivity index (χ3n) is 6.21. The van der Waals surface area contributed by atoms with Crippen LogP contribution in [0, 0.1) is 0 Å². The molecule has 0 aromatic heterocycles. The van der Waals surface area contributed by atoms with Gasteiger partial charge in [-0.05, 0) is 55.0 Å². The first-order valence-electron chi connectivity index (χ1n) is 10.9. The average Bonchev–Trinajstić information content (AvgIpc) is 2.82. The zero-order valence-electron chi connectivity index (χ0n) is 17.6. The number of carbonyl (C=O) groups excluding carboxylic acids is 2. The number of aryl methyl sites for hydroxylation is 2. The van der Waals surface area contributed by atoms with Crippen molar-refractivity contribution in [2.75, 3.05) is 26.2 Å². The minimum Gasteiger partial charge on any atom is -0.340 e. The summed E-state index contributed by atoms with van der Waals surface area (Å²) in [5.74, 6) is -0.102. The average molecular weight is 441 g/mol. The molecule has 7 heteroatoms. The maximum Gasteiger partial charge on any atom is 0.243 e. The molecule has 164 valence electrons. The van der Waals surface area contributed by atoms with Crippen LogP contribution in [-0.4, -0.2) is 55.5 Å². The SMILES string of the molecule is O=C(CCC(=O)N1CCN(S(=O)(=O)c2ccccc2)CC1)c1ccc2c(c1)CCCC2. The van der Waals surface area contributed by atoms with Crippen molar-refractivity contribution in [2.24, 2.45) is 0 Å². The Morgan fingerprint density at radius 2 is 1.48 bits per heavy atom. The molecule has 1 heterocycles. The molecule has 31 heavy (non-hydrogen) atoms. The van der Waals surface area contributed by atoms with E-state index in [1.807, 2.05) is 12.1 Å². The van der Waals surface area contributed by atoms with Crippen molar-refractivity contribution in [3.8, 4) is 0 Å². The highest BCUT2D eigenvalue weighted by atomic mass is 32.2. The van der Waals surface area contributed by atoms with Crippen LogP contribution in [0.1, 0.15) is 47.2 Å². The summed E-state index contributed by atoms with van der Waals surface area (Å²) in [6.45, 7) is 1.22. The normalized spacial score (nSPS) is 17.2. The van der Waals surface area contributed by atoms with Crippen LogP contribution < -0.4 is 0 Å². The highest BCUT2D eigenvalue weighted by molar-refractivity contribution is 7.89. The summed E-state index contributed by atoms with van der Waals surface area (Å²) in [7, 11) is -3.54. The van der Waals surface area contributed by atoms with Gasteiger partial charge in [-0.3, -0.25) is 9.59 Å². The van der Waals surface area contributed by atoms with E-state index < -0.39 is 10.0 Å². The van der Waals surface area contributed by atoms with Crippen LogP contribution in [0.5, 0.6) is 0 Å². The number of amides is 1. The number of hydrogen-bond acceptors (Lipinski definition) is 4. The lowest BCUT2D eigenvalue weighted by Gasteiger charge is -2.34. The lowest BCUT2D eigenvalue weighted by molar-refractivity contribution is -0.132. The highest BCUT2D eigenvalue weighted by Gasteiger charge is 2.30. The van der Waals surface area contributed by atoms with E-state index in [-0.39, 0.29) is 42.5 Å². The molecule has 0 atom stereocenters. The predicted octanol–water partition coefficient (Wildman–Crippen LogP) is 3.06. The van der Waals surface area contributed by atoms with E-state index in [4.69, 9.17) is 0 Å². The zero-order valence-corrected chi connectivity index (χ0v) is 18.4. The first kappa shape index (κ1) is 21.7. The smallest absolute Gasteiger partial charge is 0.243 e.